The molecular formula is C13H15F3N4. The number of benzene rings is 1. The second-order valence-corrected chi connectivity index (χ2v) is 4.50. The number of aromatic nitrogens is 3. The van der Waals surface area contributed by atoms with Gasteiger partial charge in [-0.05, 0) is 44.5 Å². The molecule has 0 aliphatic heterocycles. The van der Waals surface area contributed by atoms with Crippen molar-refractivity contribution >= 4 is 0 Å². The molecule has 0 bridgehead atoms. The molecule has 0 atom stereocenters. The summed E-state index contributed by atoms with van der Waals surface area (Å²) in [4.78, 5) is 4.09. The van der Waals surface area contributed by atoms with Gasteiger partial charge in [-0.15, -0.1) is 0 Å². The van der Waals surface area contributed by atoms with Gasteiger partial charge in [0.15, 0.2) is 0 Å². The van der Waals surface area contributed by atoms with Crippen LogP contribution in [-0.2, 0) is 12.6 Å². The van der Waals surface area contributed by atoms with Crippen molar-refractivity contribution in [2.75, 3.05) is 6.54 Å². The Kier molecular flexibility index (Phi) is 3.80. The Bertz CT molecular complexity index is 617. The fourth-order valence-electron chi connectivity index (χ4n) is 2.10. The Labute approximate surface area is 114 Å². The van der Waals surface area contributed by atoms with Crippen LogP contribution in [0.1, 0.15) is 22.8 Å². The quantitative estimate of drug-likeness (QED) is 0.941. The van der Waals surface area contributed by atoms with E-state index in [1.54, 1.807) is 19.9 Å². The second-order valence-electron chi connectivity index (χ2n) is 4.50. The number of hydrogen-bond donors (Lipinski definition) is 1. The van der Waals surface area contributed by atoms with E-state index in [1.807, 2.05) is 0 Å². The van der Waals surface area contributed by atoms with Crippen molar-refractivity contribution in [3.63, 3.8) is 0 Å². The van der Waals surface area contributed by atoms with E-state index in [0.29, 0.717) is 17.3 Å². The summed E-state index contributed by atoms with van der Waals surface area (Å²) in [6.07, 6.45) is -4.23. The van der Waals surface area contributed by atoms with Crippen molar-refractivity contribution in [1.82, 2.24) is 14.8 Å². The summed E-state index contributed by atoms with van der Waals surface area (Å²) in [6, 6.07) is 4.13. The van der Waals surface area contributed by atoms with Crippen molar-refractivity contribution in [1.29, 1.82) is 0 Å². The number of aryl methyl sites for hydroxylation is 2. The standard InChI is InChI=1S/C13H15F3N4/c1-8-18-9(2)20(19-8)11-4-3-10(5-6-17)12(7-11)13(14,15)16/h3-4,7H,5-6,17H2,1-2H3. The molecule has 0 saturated carbocycles. The molecular weight excluding hydrogens is 269 g/mol. The molecule has 2 N–H and O–H groups in total. The van der Waals surface area contributed by atoms with Gasteiger partial charge in [-0.3, -0.25) is 0 Å². The summed E-state index contributed by atoms with van der Waals surface area (Å²) < 4.78 is 40.7. The van der Waals surface area contributed by atoms with Gasteiger partial charge < -0.3 is 5.73 Å². The van der Waals surface area contributed by atoms with E-state index in [-0.39, 0.29) is 18.5 Å². The maximum Gasteiger partial charge on any atom is 0.416 e. The molecule has 0 unspecified atom stereocenters. The largest absolute Gasteiger partial charge is 0.416 e. The minimum atomic E-state index is -4.41. The van der Waals surface area contributed by atoms with E-state index >= 15 is 0 Å². The van der Waals surface area contributed by atoms with Gasteiger partial charge in [-0.1, -0.05) is 6.07 Å². The Morgan fingerprint density at radius 3 is 2.45 bits per heavy atom. The van der Waals surface area contributed by atoms with Crippen LogP contribution in [0.3, 0.4) is 0 Å². The summed E-state index contributed by atoms with van der Waals surface area (Å²) in [5.41, 5.74) is 5.22. The molecule has 0 fully saturated rings. The first-order chi connectivity index (χ1) is 9.32. The molecule has 1 aromatic heterocycles. The molecule has 0 radical (unpaired) electrons. The van der Waals surface area contributed by atoms with E-state index in [4.69, 9.17) is 5.73 Å². The zero-order valence-electron chi connectivity index (χ0n) is 11.2. The van der Waals surface area contributed by atoms with E-state index in [1.165, 1.54) is 10.7 Å². The summed E-state index contributed by atoms with van der Waals surface area (Å²) in [7, 11) is 0. The second kappa shape index (κ2) is 5.24. The Morgan fingerprint density at radius 2 is 1.95 bits per heavy atom. The van der Waals surface area contributed by atoms with Crippen LogP contribution in [0, 0.1) is 13.8 Å². The highest BCUT2D eigenvalue weighted by Crippen LogP contribution is 2.33. The van der Waals surface area contributed by atoms with Crippen molar-refractivity contribution in [2.24, 2.45) is 5.73 Å². The minimum absolute atomic E-state index is 0.171. The van der Waals surface area contributed by atoms with E-state index < -0.39 is 11.7 Å². The van der Waals surface area contributed by atoms with Gasteiger partial charge in [0, 0.05) is 0 Å². The molecule has 2 aromatic rings. The number of nitrogens with zero attached hydrogens (tertiary/aromatic N) is 3. The maximum absolute atomic E-state index is 13.1. The van der Waals surface area contributed by atoms with Crippen LogP contribution in [0.4, 0.5) is 13.2 Å². The van der Waals surface area contributed by atoms with Crippen molar-refractivity contribution in [3.05, 3.63) is 41.0 Å². The topological polar surface area (TPSA) is 56.7 Å². The predicted octanol–water partition coefficient (Wildman–Crippen LogP) is 2.40. The highest BCUT2D eigenvalue weighted by molar-refractivity contribution is 5.42. The molecule has 20 heavy (non-hydrogen) atoms. The van der Waals surface area contributed by atoms with Gasteiger partial charge in [0.05, 0.1) is 11.3 Å². The highest BCUT2D eigenvalue weighted by Gasteiger charge is 2.33. The van der Waals surface area contributed by atoms with Crippen LogP contribution >= 0.6 is 0 Å². The lowest BCUT2D eigenvalue weighted by molar-refractivity contribution is -0.138. The summed E-state index contributed by atoms with van der Waals surface area (Å²) in [5, 5.41) is 4.09. The van der Waals surface area contributed by atoms with Crippen LogP contribution in [-0.4, -0.2) is 21.3 Å². The van der Waals surface area contributed by atoms with Crippen molar-refractivity contribution in [2.45, 2.75) is 26.4 Å². The van der Waals surface area contributed by atoms with Crippen LogP contribution in [0.15, 0.2) is 18.2 Å². The third kappa shape index (κ3) is 2.82. The molecule has 1 aromatic carbocycles. The Hall–Kier alpha value is -1.89. The molecule has 4 nitrogen and oxygen atoms in total. The van der Waals surface area contributed by atoms with Crippen molar-refractivity contribution < 1.29 is 13.2 Å². The zero-order chi connectivity index (χ0) is 14.9. The van der Waals surface area contributed by atoms with Crippen LogP contribution in [0.2, 0.25) is 0 Å². The van der Waals surface area contributed by atoms with E-state index in [9.17, 15) is 13.2 Å². The predicted molar refractivity (Wildman–Crippen MR) is 68.6 cm³/mol. The van der Waals surface area contributed by atoms with Gasteiger partial charge >= 0.3 is 6.18 Å². The monoisotopic (exact) mass is 284 g/mol. The highest BCUT2D eigenvalue weighted by atomic mass is 19.4. The number of nitrogens with two attached hydrogens (primary N) is 1. The third-order valence-corrected chi connectivity index (χ3v) is 2.93. The Balaban J connectivity index is 2.55. The van der Waals surface area contributed by atoms with Gasteiger partial charge in [0.25, 0.3) is 0 Å². The van der Waals surface area contributed by atoms with Crippen molar-refractivity contribution in [3.8, 4) is 5.69 Å². The average Bonchev–Trinajstić information content (AvgIpc) is 2.68. The first-order valence-corrected chi connectivity index (χ1v) is 6.13. The normalized spacial score (nSPS) is 11.9. The molecule has 0 aliphatic rings. The maximum atomic E-state index is 13.1. The molecule has 7 heteroatoms. The lowest BCUT2D eigenvalue weighted by atomic mass is 10.0. The SMILES string of the molecule is Cc1nc(C)n(-c2ccc(CCN)c(C(F)(F)F)c2)n1. The first-order valence-electron chi connectivity index (χ1n) is 6.13. The number of halogens is 3. The van der Waals surface area contributed by atoms with Crippen LogP contribution < -0.4 is 5.73 Å². The fraction of sp³-hybridized carbons (Fsp3) is 0.385. The molecule has 2 rings (SSSR count). The lowest BCUT2D eigenvalue weighted by Gasteiger charge is -2.14. The fourth-order valence-corrected chi connectivity index (χ4v) is 2.10. The molecule has 0 saturated heterocycles. The van der Waals surface area contributed by atoms with Gasteiger partial charge in [0.2, 0.25) is 0 Å². The summed E-state index contributed by atoms with van der Waals surface area (Å²) in [6.45, 7) is 3.56. The molecule has 0 aliphatic carbocycles. The van der Waals surface area contributed by atoms with Crippen LogP contribution in [0.5, 0.6) is 0 Å². The number of rotatable bonds is 3. The third-order valence-electron chi connectivity index (χ3n) is 2.93. The Morgan fingerprint density at radius 1 is 1.25 bits per heavy atom. The molecule has 0 spiro atoms. The lowest BCUT2D eigenvalue weighted by Crippen LogP contribution is -2.14. The van der Waals surface area contributed by atoms with Gasteiger partial charge in [-0.2, -0.15) is 18.3 Å². The first kappa shape index (κ1) is 14.5. The van der Waals surface area contributed by atoms with Crippen LogP contribution in [0.25, 0.3) is 5.69 Å². The molecule has 0 amide bonds. The zero-order valence-corrected chi connectivity index (χ0v) is 11.2. The van der Waals surface area contributed by atoms with Gasteiger partial charge in [0.1, 0.15) is 11.6 Å². The minimum Gasteiger partial charge on any atom is -0.330 e. The van der Waals surface area contributed by atoms with E-state index in [0.717, 1.165) is 6.07 Å². The van der Waals surface area contributed by atoms with Gasteiger partial charge in [-0.25, -0.2) is 9.67 Å². The molecule has 108 valence electrons. The average molecular weight is 284 g/mol. The molecule has 1 heterocycles. The number of alkyl halides is 3. The summed E-state index contributed by atoms with van der Waals surface area (Å²) >= 11 is 0. The number of hydrogen-bond acceptors (Lipinski definition) is 3. The summed E-state index contributed by atoms with van der Waals surface area (Å²) in [5.74, 6) is 1.06. The smallest absolute Gasteiger partial charge is 0.330 e. The van der Waals surface area contributed by atoms with E-state index in [2.05, 4.69) is 10.1 Å².